The molecule has 23 heavy (non-hydrogen) atoms. The Balaban J connectivity index is 1.88. The van der Waals surface area contributed by atoms with E-state index in [-0.39, 0.29) is 11.9 Å². The Kier molecular flexibility index (Phi) is 4.15. The molecule has 2 heterocycles. The van der Waals surface area contributed by atoms with Gasteiger partial charge < -0.3 is 9.88 Å². The van der Waals surface area contributed by atoms with Gasteiger partial charge in [-0.25, -0.2) is 0 Å². The average Bonchev–Trinajstić information content (AvgIpc) is 2.90. The van der Waals surface area contributed by atoms with Crippen molar-refractivity contribution in [1.29, 1.82) is 0 Å². The van der Waals surface area contributed by atoms with Crippen LogP contribution < -0.4 is 5.32 Å². The molecule has 1 atom stereocenters. The number of aryl methyl sites for hydroxylation is 2. The number of nitrogens with one attached hydrogen (secondary N) is 1. The Hall–Kier alpha value is -2.62. The quantitative estimate of drug-likeness (QED) is 0.797. The van der Waals surface area contributed by atoms with E-state index in [4.69, 9.17) is 0 Å². The second-order valence-corrected chi connectivity index (χ2v) is 5.84. The molecule has 3 rings (SSSR count). The summed E-state index contributed by atoms with van der Waals surface area (Å²) in [6, 6.07) is 13.8. The SMILES string of the molecule is CC[C@H](NC(=O)c1cc2ccccc2n1C)c1cc(C)ccn1. The second-order valence-electron chi connectivity index (χ2n) is 5.84. The molecule has 0 saturated carbocycles. The van der Waals surface area contributed by atoms with Crippen LogP contribution >= 0.6 is 0 Å². The van der Waals surface area contributed by atoms with Gasteiger partial charge in [-0.05, 0) is 43.2 Å². The summed E-state index contributed by atoms with van der Waals surface area (Å²) in [6.45, 7) is 4.08. The van der Waals surface area contributed by atoms with Gasteiger partial charge in [0.1, 0.15) is 5.69 Å². The van der Waals surface area contributed by atoms with Crippen molar-refractivity contribution in [2.24, 2.45) is 7.05 Å². The molecule has 0 unspecified atom stereocenters. The van der Waals surface area contributed by atoms with E-state index in [1.165, 1.54) is 0 Å². The molecule has 3 aromatic rings. The number of rotatable bonds is 4. The summed E-state index contributed by atoms with van der Waals surface area (Å²) in [6.07, 6.45) is 2.59. The Morgan fingerprint density at radius 3 is 2.74 bits per heavy atom. The minimum atomic E-state index is -0.0830. The molecule has 0 spiro atoms. The van der Waals surface area contributed by atoms with Gasteiger partial charge in [-0.3, -0.25) is 9.78 Å². The molecular formula is C19H21N3O. The summed E-state index contributed by atoms with van der Waals surface area (Å²) >= 11 is 0. The molecule has 0 aliphatic carbocycles. The minimum Gasteiger partial charge on any atom is -0.342 e. The molecule has 1 amide bonds. The Bertz CT molecular complexity index is 851. The minimum absolute atomic E-state index is 0.0705. The van der Waals surface area contributed by atoms with E-state index in [1.807, 2.05) is 61.0 Å². The number of carbonyl (C=O) groups excluding carboxylic acids is 1. The molecule has 4 nitrogen and oxygen atoms in total. The van der Waals surface area contributed by atoms with Crippen molar-refractivity contribution in [2.45, 2.75) is 26.3 Å². The maximum absolute atomic E-state index is 12.7. The highest BCUT2D eigenvalue weighted by molar-refractivity contribution is 5.98. The number of hydrogen-bond acceptors (Lipinski definition) is 2. The highest BCUT2D eigenvalue weighted by Crippen LogP contribution is 2.20. The first kappa shape index (κ1) is 15.3. The van der Waals surface area contributed by atoms with Gasteiger partial charge >= 0.3 is 0 Å². The fraction of sp³-hybridized carbons (Fsp3) is 0.263. The number of carbonyl (C=O) groups is 1. The molecule has 0 fully saturated rings. The number of pyridine rings is 1. The van der Waals surface area contributed by atoms with E-state index in [0.29, 0.717) is 5.69 Å². The average molecular weight is 307 g/mol. The van der Waals surface area contributed by atoms with Crippen molar-refractivity contribution in [3.05, 3.63) is 65.6 Å². The van der Waals surface area contributed by atoms with Gasteiger partial charge in [0.25, 0.3) is 5.91 Å². The van der Waals surface area contributed by atoms with Crippen molar-refractivity contribution in [1.82, 2.24) is 14.9 Å². The largest absolute Gasteiger partial charge is 0.342 e. The highest BCUT2D eigenvalue weighted by atomic mass is 16.2. The zero-order valence-electron chi connectivity index (χ0n) is 13.7. The number of hydrogen-bond donors (Lipinski definition) is 1. The number of para-hydroxylation sites is 1. The van der Waals surface area contributed by atoms with E-state index in [9.17, 15) is 4.79 Å². The molecule has 2 aromatic heterocycles. The topological polar surface area (TPSA) is 46.9 Å². The number of aromatic nitrogens is 2. The lowest BCUT2D eigenvalue weighted by Crippen LogP contribution is -2.30. The number of amides is 1. The normalized spacial score (nSPS) is 12.3. The van der Waals surface area contributed by atoms with Crippen LogP contribution in [0.1, 0.15) is 41.1 Å². The number of fused-ring (bicyclic) bond motifs is 1. The zero-order valence-corrected chi connectivity index (χ0v) is 13.7. The van der Waals surface area contributed by atoms with E-state index < -0.39 is 0 Å². The molecule has 0 aliphatic rings. The Labute approximate surface area is 136 Å². The van der Waals surface area contributed by atoms with Gasteiger partial charge in [0.2, 0.25) is 0 Å². The lowest BCUT2D eigenvalue weighted by molar-refractivity contribution is 0.0927. The van der Waals surface area contributed by atoms with Crippen molar-refractivity contribution in [2.75, 3.05) is 0 Å². The lowest BCUT2D eigenvalue weighted by Gasteiger charge is -2.17. The van der Waals surface area contributed by atoms with E-state index in [1.54, 1.807) is 6.20 Å². The van der Waals surface area contributed by atoms with Crippen LogP contribution in [0, 0.1) is 6.92 Å². The maximum atomic E-state index is 12.7. The zero-order chi connectivity index (χ0) is 16.4. The maximum Gasteiger partial charge on any atom is 0.268 e. The molecular weight excluding hydrogens is 286 g/mol. The van der Waals surface area contributed by atoms with Crippen molar-refractivity contribution < 1.29 is 4.79 Å². The van der Waals surface area contributed by atoms with Crippen LogP contribution in [0.3, 0.4) is 0 Å². The monoisotopic (exact) mass is 307 g/mol. The van der Waals surface area contributed by atoms with E-state index >= 15 is 0 Å². The van der Waals surface area contributed by atoms with Crippen LogP contribution in [0.2, 0.25) is 0 Å². The van der Waals surface area contributed by atoms with E-state index in [2.05, 4.69) is 17.2 Å². The molecule has 0 bridgehead atoms. The first-order valence-corrected chi connectivity index (χ1v) is 7.88. The fourth-order valence-corrected chi connectivity index (χ4v) is 2.87. The molecule has 0 saturated heterocycles. The predicted octanol–water partition coefficient (Wildman–Crippen LogP) is 3.76. The van der Waals surface area contributed by atoms with Crippen LogP contribution in [0.15, 0.2) is 48.7 Å². The second kappa shape index (κ2) is 6.24. The van der Waals surface area contributed by atoms with Crippen LogP contribution in [0.5, 0.6) is 0 Å². The Morgan fingerprint density at radius 2 is 2.04 bits per heavy atom. The molecule has 1 N–H and O–H groups in total. The summed E-state index contributed by atoms with van der Waals surface area (Å²) < 4.78 is 1.93. The van der Waals surface area contributed by atoms with Crippen LogP contribution in [-0.2, 0) is 7.05 Å². The van der Waals surface area contributed by atoms with Gasteiger partial charge in [-0.2, -0.15) is 0 Å². The third-order valence-electron chi connectivity index (χ3n) is 4.19. The van der Waals surface area contributed by atoms with Gasteiger partial charge in [0, 0.05) is 24.1 Å². The molecule has 1 aromatic carbocycles. The summed E-state index contributed by atoms with van der Waals surface area (Å²) in [4.78, 5) is 17.1. The van der Waals surface area contributed by atoms with Crippen molar-refractivity contribution in [3.8, 4) is 0 Å². The summed E-state index contributed by atoms with van der Waals surface area (Å²) in [5.41, 5.74) is 3.77. The summed E-state index contributed by atoms with van der Waals surface area (Å²) in [7, 11) is 1.92. The smallest absolute Gasteiger partial charge is 0.268 e. The van der Waals surface area contributed by atoms with Crippen molar-refractivity contribution >= 4 is 16.8 Å². The van der Waals surface area contributed by atoms with Gasteiger partial charge in [-0.15, -0.1) is 0 Å². The molecule has 0 radical (unpaired) electrons. The highest BCUT2D eigenvalue weighted by Gasteiger charge is 2.18. The lowest BCUT2D eigenvalue weighted by atomic mass is 10.1. The van der Waals surface area contributed by atoms with Gasteiger partial charge in [0.15, 0.2) is 0 Å². The van der Waals surface area contributed by atoms with E-state index in [0.717, 1.165) is 28.6 Å². The van der Waals surface area contributed by atoms with Crippen LogP contribution in [-0.4, -0.2) is 15.5 Å². The van der Waals surface area contributed by atoms with Crippen LogP contribution in [0.4, 0.5) is 0 Å². The summed E-state index contributed by atoms with van der Waals surface area (Å²) in [5, 5.41) is 4.18. The molecule has 0 aliphatic heterocycles. The standard InChI is InChI=1S/C19H21N3O/c1-4-15(16-11-13(2)9-10-20-16)21-19(23)18-12-14-7-5-6-8-17(14)22(18)3/h5-12,15H,4H2,1-3H3,(H,21,23)/t15-/m0/s1. The Morgan fingerprint density at radius 1 is 1.26 bits per heavy atom. The van der Waals surface area contributed by atoms with Crippen LogP contribution in [0.25, 0.3) is 10.9 Å². The predicted molar refractivity (Wildman–Crippen MR) is 92.4 cm³/mol. The third-order valence-corrected chi connectivity index (χ3v) is 4.19. The molecule has 4 heteroatoms. The first-order valence-electron chi connectivity index (χ1n) is 7.88. The summed E-state index contributed by atoms with van der Waals surface area (Å²) in [5.74, 6) is -0.0705. The fourth-order valence-electron chi connectivity index (χ4n) is 2.87. The third kappa shape index (κ3) is 2.97. The number of nitrogens with zero attached hydrogens (tertiary/aromatic N) is 2. The van der Waals surface area contributed by atoms with Gasteiger partial charge in [0.05, 0.1) is 11.7 Å². The number of benzene rings is 1. The van der Waals surface area contributed by atoms with Gasteiger partial charge in [-0.1, -0.05) is 25.1 Å². The van der Waals surface area contributed by atoms with Crippen molar-refractivity contribution in [3.63, 3.8) is 0 Å². The first-order chi connectivity index (χ1) is 11.1. The molecule has 118 valence electrons.